The fourth-order valence-electron chi connectivity index (χ4n) is 3.82. The van der Waals surface area contributed by atoms with Gasteiger partial charge in [0.1, 0.15) is 11.7 Å². The number of rotatable bonds is 9. The van der Waals surface area contributed by atoms with E-state index in [1.807, 2.05) is 33.0 Å². The summed E-state index contributed by atoms with van der Waals surface area (Å²) in [5.74, 6) is 0.752. The van der Waals surface area contributed by atoms with Crippen molar-refractivity contribution < 1.29 is 9.90 Å². The standard InChI is InChI=1S/C23H34N6O2/c1-7-16(15(2)3)13-28-9-8-17-11-24-22(27-20(17)28)26-18-12-25-29(14-18)19(21(30)31)10-23(4,5)6/h8-9,11-12,14-16,19H,7,10,13H2,1-6H3,(H,30,31)(H,24,26,27)/t16-,19?/m1/s1. The molecule has 0 radical (unpaired) electrons. The van der Waals surface area contributed by atoms with Gasteiger partial charge in [-0.2, -0.15) is 10.1 Å². The van der Waals surface area contributed by atoms with Gasteiger partial charge in [0.25, 0.3) is 0 Å². The number of carboxylic acids is 1. The number of carboxylic acid groups (broad SMARTS) is 1. The Labute approximate surface area is 183 Å². The molecule has 0 aromatic carbocycles. The topological polar surface area (TPSA) is 97.9 Å². The van der Waals surface area contributed by atoms with Crippen molar-refractivity contribution in [3.05, 3.63) is 30.9 Å². The third-order valence-corrected chi connectivity index (χ3v) is 5.67. The number of hydrogen-bond donors (Lipinski definition) is 2. The van der Waals surface area contributed by atoms with E-state index in [2.05, 4.69) is 46.9 Å². The summed E-state index contributed by atoms with van der Waals surface area (Å²) in [7, 11) is 0. The molecule has 1 unspecified atom stereocenters. The SMILES string of the molecule is CC[C@H](Cn1ccc2cnc(Nc3cnn(C(CC(C)(C)C)C(=O)O)c3)nc21)C(C)C. The van der Waals surface area contributed by atoms with Gasteiger partial charge in [-0.15, -0.1) is 0 Å². The number of fused-ring (bicyclic) bond motifs is 1. The molecule has 0 aliphatic heterocycles. The van der Waals surface area contributed by atoms with Gasteiger partial charge >= 0.3 is 5.97 Å². The Morgan fingerprint density at radius 3 is 2.61 bits per heavy atom. The van der Waals surface area contributed by atoms with Gasteiger partial charge in [-0.3, -0.25) is 4.68 Å². The summed E-state index contributed by atoms with van der Waals surface area (Å²) >= 11 is 0. The van der Waals surface area contributed by atoms with E-state index in [-0.39, 0.29) is 5.41 Å². The molecule has 0 bridgehead atoms. The van der Waals surface area contributed by atoms with E-state index in [4.69, 9.17) is 4.98 Å². The van der Waals surface area contributed by atoms with Crippen LogP contribution in [0.5, 0.6) is 0 Å². The first kappa shape index (κ1) is 22.8. The van der Waals surface area contributed by atoms with E-state index in [0.717, 1.165) is 24.0 Å². The lowest BCUT2D eigenvalue weighted by Crippen LogP contribution is -2.24. The van der Waals surface area contributed by atoms with Crippen molar-refractivity contribution in [2.24, 2.45) is 17.3 Å². The molecule has 31 heavy (non-hydrogen) atoms. The third-order valence-electron chi connectivity index (χ3n) is 5.67. The Kier molecular flexibility index (Phi) is 6.67. The molecule has 3 heterocycles. The first-order valence-electron chi connectivity index (χ1n) is 10.9. The maximum atomic E-state index is 11.8. The molecule has 2 N–H and O–H groups in total. The van der Waals surface area contributed by atoms with E-state index < -0.39 is 12.0 Å². The second-order valence-corrected chi connectivity index (χ2v) is 9.81. The van der Waals surface area contributed by atoms with Gasteiger partial charge in [0.2, 0.25) is 5.95 Å². The van der Waals surface area contributed by atoms with Crippen LogP contribution in [0.3, 0.4) is 0 Å². The summed E-state index contributed by atoms with van der Waals surface area (Å²) in [5.41, 5.74) is 1.42. The molecule has 0 aliphatic carbocycles. The Hall–Kier alpha value is -2.90. The number of carbonyl (C=O) groups is 1. The Morgan fingerprint density at radius 2 is 2.00 bits per heavy atom. The van der Waals surface area contributed by atoms with Gasteiger partial charge in [0.05, 0.1) is 11.9 Å². The highest BCUT2D eigenvalue weighted by molar-refractivity contribution is 5.77. The number of nitrogens with one attached hydrogen (secondary N) is 1. The third kappa shape index (κ3) is 5.62. The summed E-state index contributed by atoms with van der Waals surface area (Å²) < 4.78 is 3.68. The maximum Gasteiger partial charge on any atom is 0.328 e. The van der Waals surface area contributed by atoms with Gasteiger partial charge in [-0.25, -0.2) is 9.78 Å². The Balaban J connectivity index is 1.81. The van der Waals surface area contributed by atoms with E-state index in [1.54, 1.807) is 12.4 Å². The Morgan fingerprint density at radius 1 is 1.26 bits per heavy atom. The minimum absolute atomic E-state index is 0.130. The summed E-state index contributed by atoms with van der Waals surface area (Å²) in [6, 6.07) is 1.31. The monoisotopic (exact) mass is 426 g/mol. The quantitative estimate of drug-likeness (QED) is 0.493. The van der Waals surface area contributed by atoms with Crippen LogP contribution in [0.4, 0.5) is 11.6 Å². The minimum Gasteiger partial charge on any atom is -0.480 e. The first-order chi connectivity index (χ1) is 14.6. The average Bonchev–Trinajstić information content (AvgIpc) is 3.30. The second-order valence-electron chi connectivity index (χ2n) is 9.81. The van der Waals surface area contributed by atoms with Crippen LogP contribution >= 0.6 is 0 Å². The molecule has 0 saturated carbocycles. The van der Waals surface area contributed by atoms with E-state index >= 15 is 0 Å². The molecule has 3 rings (SSSR count). The fourth-order valence-corrected chi connectivity index (χ4v) is 3.82. The zero-order valence-corrected chi connectivity index (χ0v) is 19.3. The molecule has 8 heteroatoms. The summed E-state index contributed by atoms with van der Waals surface area (Å²) in [6.45, 7) is 13.7. The van der Waals surface area contributed by atoms with Gasteiger partial charge < -0.3 is 15.0 Å². The van der Waals surface area contributed by atoms with Gasteiger partial charge in [0.15, 0.2) is 0 Å². The van der Waals surface area contributed by atoms with Crippen LogP contribution in [0.15, 0.2) is 30.9 Å². The molecule has 2 atom stereocenters. The number of nitrogens with zero attached hydrogens (tertiary/aromatic N) is 5. The van der Waals surface area contributed by atoms with Crippen molar-refractivity contribution in [1.82, 2.24) is 24.3 Å². The van der Waals surface area contributed by atoms with Crippen LogP contribution in [0, 0.1) is 17.3 Å². The molecule has 8 nitrogen and oxygen atoms in total. The minimum atomic E-state index is -0.893. The van der Waals surface area contributed by atoms with Crippen LogP contribution in [0.1, 0.15) is 60.4 Å². The van der Waals surface area contributed by atoms with E-state index in [9.17, 15) is 9.90 Å². The summed E-state index contributed by atoms with van der Waals surface area (Å²) in [5, 5.41) is 18.1. The number of hydrogen-bond acceptors (Lipinski definition) is 5. The largest absolute Gasteiger partial charge is 0.480 e. The van der Waals surface area contributed by atoms with Crippen molar-refractivity contribution in [1.29, 1.82) is 0 Å². The number of aliphatic carboxylic acids is 1. The van der Waals surface area contributed by atoms with Crippen molar-refractivity contribution in [2.75, 3.05) is 5.32 Å². The van der Waals surface area contributed by atoms with Gasteiger partial charge in [-0.05, 0) is 29.7 Å². The van der Waals surface area contributed by atoms with Crippen LogP contribution < -0.4 is 5.32 Å². The predicted octanol–water partition coefficient (Wildman–Crippen LogP) is 5.12. The van der Waals surface area contributed by atoms with Crippen molar-refractivity contribution in [3.8, 4) is 0 Å². The van der Waals surface area contributed by atoms with Crippen LogP contribution in [-0.2, 0) is 11.3 Å². The lowest BCUT2D eigenvalue weighted by molar-refractivity contribution is -0.142. The smallest absolute Gasteiger partial charge is 0.328 e. The molecule has 0 saturated heterocycles. The molecular formula is C23H34N6O2. The van der Waals surface area contributed by atoms with Crippen LogP contribution in [0.25, 0.3) is 11.0 Å². The zero-order chi connectivity index (χ0) is 22.8. The molecular weight excluding hydrogens is 392 g/mol. The molecule has 0 aliphatic rings. The van der Waals surface area contributed by atoms with E-state index in [0.29, 0.717) is 29.9 Å². The van der Waals surface area contributed by atoms with Gasteiger partial charge in [0, 0.05) is 30.5 Å². The number of anilines is 2. The molecule has 168 valence electrons. The molecule has 0 spiro atoms. The zero-order valence-electron chi connectivity index (χ0n) is 19.3. The molecule has 3 aromatic rings. The summed E-state index contributed by atoms with van der Waals surface area (Å²) in [4.78, 5) is 20.9. The highest BCUT2D eigenvalue weighted by atomic mass is 16.4. The van der Waals surface area contributed by atoms with Crippen molar-refractivity contribution >= 4 is 28.6 Å². The number of aromatic nitrogens is 5. The predicted molar refractivity (Wildman–Crippen MR) is 122 cm³/mol. The first-order valence-corrected chi connectivity index (χ1v) is 10.9. The second kappa shape index (κ2) is 9.08. The van der Waals surface area contributed by atoms with Crippen molar-refractivity contribution in [2.45, 2.75) is 67.0 Å². The maximum absolute atomic E-state index is 11.8. The molecule has 0 amide bonds. The normalized spacial score (nSPS) is 14.2. The molecule has 3 aromatic heterocycles. The highest BCUT2D eigenvalue weighted by Gasteiger charge is 2.27. The van der Waals surface area contributed by atoms with E-state index in [1.165, 1.54) is 4.68 Å². The summed E-state index contributed by atoms with van der Waals surface area (Å²) in [6.07, 6.45) is 8.78. The van der Waals surface area contributed by atoms with Gasteiger partial charge in [-0.1, -0.05) is 48.0 Å². The lowest BCUT2D eigenvalue weighted by Gasteiger charge is -2.23. The molecule has 0 fully saturated rings. The van der Waals surface area contributed by atoms with Crippen molar-refractivity contribution in [3.63, 3.8) is 0 Å². The van der Waals surface area contributed by atoms with Crippen LogP contribution in [0.2, 0.25) is 0 Å². The Bertz CT molecular complexity index is 1030. The highest BCUT2D eigenvalue weighted by Crippen LogP contribution is 2.28. The fraction of sp³-hybridized carbons (Fsp3) is 0.565. The van der Waals surface area contributed by atoms with Crippen LogP contribution in [-0.4, -0.2) is 35.4 Å². The lowest BCUT2D eigenvalue weighted by atomic mass is 9.88. The average molecular weight is 427 g/mol.